The molecular formula is C22H24ClN3O2. The molecule has 146 valence electrons. The standard InChI is InChI=1S/C22H24ClN3O2/c23-17-6-2-4-15(10-17)14-3-1-5-16(9-14)21-12-28-22(27)26(21)18-7-8-19-20(11-18)25-13-24-19/h1-6,9-10,18-21,24-25H,7-8,11-13H2/t18?,19?,20?,21-/m1/s1. The third-order valence-electron chi connectivity index (χ3n) is 6.29. The Morgan fingerprint density at radius 2 is 1.79 bits per heavy atom. The average molecular weight is 398 g/mol. The van der Waals surface area contributed by atoms with Crippen molar-refractivity contribution in [3.8, 4) is 11.1 Å². The Kier molecular flexibility index (Phi) is 4.75. The summed E-state index contributed by atoms with van der Waals surface area (Å²) in [6, 6.07) is 17.4. The van der Waals surface area contributed by atoms with E-state index in [2.05, 4.69) is 34.9 Å². The lowest BCUT2D eigenvalue weighted by Crippen LogP contribution is -2.49. The van der Waals surface area contributed by atoms with E-state index in [0.29, 0.717) is 18.7 Å². The minimum atomic E-state index is -0.187. The van der Waals surface area contributed by atoms with Crippen molar-refractivity contribution in [1.29, 1.82) is 0 Å². The van der Waals surface area contributed by atoms with Gasteiger partial charge in [-0.15, -0.1) is 0 Å². The quantitative estimate of drug-likeness (QED) is 0.823. The fourth-order valence-electron chi connectivity index (χ4n) is 4.88. The second-order valence-corrected chi connectivity index (χ2v) is 8.34. The zero-order valence-electron chi connectivity index (χ0n) is 15.6. The average Bonchev–Trinajstić information content (AvgIpc) is 3.34. The van der Waals surface area contributed by atoms with Crippen LogP contribution in [0.15, 0.2) is 48.5 Å². The highest BCUT2D eigenvalue weighted by Gasteiger charge is 2.43. The molecule has 3 fully saturated rings. The maximum atomic E-state index is 12.6. The van der Waals surface area contributed by atoms with Gasteiger partial charge in [0.05, 0.1) is 6.04 Å². The van der Waals surface area contributed by atoms with E-state index in [-0.39, 0.29) is 18.2 Å². The molecule has 5 nitrogen and oxygen atoms in total. The molecule has 4 atom stereocenters. The number of rotatable bonds is 3. The Balaban J connectivity index is 1.42. The summed E-state index contributed by atoms with van der Waals surface area (Å²) in [4.78, 5) is 14.6. The first-order valence-corrected chi connectivity index (χ1v) is 10.3. The van der Waals surface area contributed by atoms with Gasteiger partial charge in [-0.1, -0.05) is 41.9 Å². The molecule has 0 spiro atoms. The summed E-state index contributed by atoms with van der Waals surface area (Å²) in [5.74, 6) is 0. The molecule has 0 aromatic heterocycles. The number of carbonyl (C=O) groups is 1. The molecule has 1 saturated carbocycles. The van der Waals surface area contributed by atoms with Crippen molar-refractivity contribution in [2.24, 2.45) is 0 Å². The Morgan fingerprint density at radius 1 is 1.00 bits per heavy atom. The van der Waals surface area contributed by atoms with Crippen molar-refractivity contribution >= 4 is 17.7 Å². The highest BCUT2D eigenvalue weighted by molar-refractivity contribution is 6.30. The fourth-order valence-corrected chi connectivity index (χ4v) is 5.07. The Labute approximate surface area is 170 Å². The van der Waals surface area contributed by atoms with Crippen LogP contribution in [0.1, 0.15) is 30.9 Å². The summed E-state index contributed by atoms with van der Waals surface area (Å²) in [7, 11) is 0. The van der Waals surface area contributed by atoms with Gasteiger partial charge in [-0.05, 0) is 54.2 Å². The van der Waals surface area contributed by atoms with E-state index in [1.807, 2.05) is 29.2 Å². The van der Waals surface area contributed by atoms with Crippen molar-refractivity contribution in [3.05, 3.63) is 59.1 Å². The zero-order valence-corrected chi connectivity index (χ0v) is 16.4. The van der Waals surface area contributed by atoms with Crippen molar-refractivity contribution in [1.82, 2.24) is 15.5 Å². The second-order valence-electron chi connectivity index (χ2n) is 7.90. The van der Waals surface area contributed by atoms with E-state index in [4.69, 9.17) is 16.3 Å². The summed E-state index contributed by atoms with van der Waals surface area (Å²) in [5.41, 5.74) is 3.29. The predicted octanol–water partition coefficient (Wildman–Crippen LogP) is 3.94. The third-order valence-corrected chi connectivity index (χ3v) is 6.52. The van der Waals surface area contributed by atoms with Gasteiger partial charge in [-0.25, -0.2) is 4.79 Å². The molecule has 1 aliphatic carbocycles. The number of halogens is 1. The maximum absolute atomic E-state index is 12.6. The minimum Gasteiger partial charge on any atom is -0.447 e. The molecule has 2 heterocycles. The van der Waals surface area contributed by atoms with Crippen LogP contribution in [-0.2, 0) is 4.74 Å². The Hall–Kier alpha value is -2.08. The number of benzene rings is 2. The molecule has 2 aromatic rings. The third kappa shape index (κ3) is 3.28. The first kappa shape index (κ1) is 18.0. The number of hydrogen-bond donors (Lipinski definition) is 2. The summed E-state index contributed by atoms with van der Waals surface area (Å²) in [6.45, 7) is 1.27. The van der Waals surface area contributed by atoms with Gasteiger partial charge in [-0.2, -0.15) is 0 Å². The number of cyclic esters (lactones) is 1. The maximum Gasteiger partial charge on any atom is 0.410 e. The highest BCUT2D eigenvalue weighted by atomic mass is 35.5. The van der Waals surface area contributed by atoms with Crippen molar-refractivity contribution < 1.29 is 9.53 Å². The van der Waals surface area contributed by atoms with E-state index in [1.54, 1.807) is 0 Å². The fraction of sp³-hybridized carbons (Fsp3) is 0.409. The largest absolute Gasteiger partial charge is 0.447 e. The van der Waals surface area contributed by atoms with Gasteiger partial charge >= 0.3 is 6.09 Å². The first-order chi connectivity index (χ1) is 13.7. The molecule has 2 N–H and O–H groups in total. The minimum absolute atomic E-state index is 0.0393. The molecule has 28 heavy (non-hydrogen) atoms. The number of nitrogens with zero attached hydrogens (tertiary/aromatic N) is 1. The Morgan fingerprint density at radius 3 is 2.64 bits per heavy atom. The van der Waals surface area contributed by atoms with E-state index >= 15 is 0 Å². The summed E-state index contributed by atoms with van der Waals surface area (Å²) in [5, 5.41) is 7.73. The normalized spacial score (nSPS) is 29.6. The van der Waals surface area contributed by atoms with Crippen LogP contribution in [0.25, 0.3) is 11.1 Å². The molecule has 5 rings (SSSR count). The number of hydrogen-bond acceptors (Lipinski definition) is 4. The van der Waals surface area contributed by atoms with Gasteiger partial charge in [0.25, 0.3) is 0 Å². The van der Waals surface area contributed by atoms with Crippen molar-refractivity contribution in [2.45, 2.75) is 43.4 Å². The van der Waals surface area contributed by atoms with Gasteiger partial charge in [0.1, 0.15) is 6.61 Å². The van der Waals surface area contributed by atoms with Gasteiger partial charge in [0.2, 0.25) is 0 Å². The van der Waals surface area contributed by atoms with Crippen LogP contribution in [0.3, 0.4) is 0 Å². The van der Waals surface area contributed by atoms with Crippen LogP contribution in [0, 0.1) is 0 Å². The van der Waals surface area contributed by atoms with Gasteiger partial charge in [-0.3, -0.25) is 4.90 Å². The van der Waals surface area contributed by atoms with Crippen LogP contribution in [0.5, 0.6) is 0 Å². The highest BCUT2D eigenvalue weighted by Crippen LogP contribution is 2.37. The lowest BCUT2D eigenvalue weighted by atomic mass is 9.86. The summed E-state index contributed by atoms with van der Waals surface area (Å²) >= 11 is 6.17. The zero-order chi connectivity index (χ0) is 19.1. The summed E-state index contributed by atoms with van der Waals surface area (Å²) in [6.07, 6.45) is 2.88. The van der Waals surface area contributed by atoms with Crippen LogP contribution in [-0.4, -0.2) is 42.4 Å². The van der Waals surface area contributed by atoms with Crippen LogP contribution < -0.4 is 10.6 Å². The van der Waals surface area contributed by atoms with Gasteiger partial charge in [0.15, 0.2) is 0 Å². The topological polar surface area (TPSA) is 53.6 Å². The first-order valence-electron chi connectivity index (χ1n) is 9.97. The smallest absolute Gasteiger partial charge is 0.410 e. The van der Waals surface area contributed by atoms with E-state index in [9.17, 15) is 4.79 Å². The van der Waals surface area contributed by atoms with E-state index in [1.165, 1.54) is 0 Å². The number of carbonyl (C=O) groups excluding carboxylic acids is 1. The second kappa shape index (κ2) is 7.39. The summed E-state index contributed by atoms with van der Waals surface area (Å²) < 4.78 is 5.49. The molecule has 6 heteroatoms. The molecule has 1 amide bonds. The molecule has 3 aliphatic rings. The Bertz CT molecular complexity index is 890. The molecule has 2 saturated heterocycles. The molecular weight excluding hydrogens is 374 g/mol. The van der Waals surface area contributed by atoms with E-state index in [0.717, 1.165) is 47.6 Å². The van der Waals surface area contributed by atoms with Gasteiger partial charge in [0, 0.05) is 29.8 Å². The molecule has 2 aliphatic heterocycles. The lowest BCUT2D eigenvalue weighted by molar-refractivity contribution is 0.124. The monoisotopic (exact) mass is 397 g/mol. The molecule has 2 aromatic carbocycles. The number of fused-ring (bicyclic) bond motifs is 1. The van der Waals surface area contributed by atoms with Crippen LogP contribution in [0.2, 0.25) is 5.02 Å². The van der Waals surface area contributed by atoms with Crippen LogP contribution >= 0.6 is 11.6 Å². The molecule has 3 unspecified atom stereocenters. The van der Waals surface area contributed by atoms with E-state index < -0.39 is 0 Å². The number of amides is 1. The van der Waals surface area contributed by atoms with Crippen molar-refractivity contribution in [2.75, 3.05) is 13.3 Å². The van der Waals surface area contributed by atoms with Crippen LogP contribution in [0.4, 0.5) is 4.79 Å². The number of ether oxygens (including phenoxy) is 1. The molecule has 0 radical (unpaired) electrons. The SMILES string of the molecule is O=C1OC[C@H](c2cccc(-c3cccc(Cl)c3)c2)N1C1CCC2NCNC2C1. The molecule has 0 bridgehead atoms. The van der Waals surface area contributed by atoms with Gasteiger partial charge < -0.3 is 15.4 Å². The number of nitrogens with one attached hydrogen (secondary N) is 2. The lowest BCUT2D eigenvalue weighted by Gasteiger charge is -2.38. The van der Waals surface area contributed by atoms with Crippen molar-refractivity contribution in [3.63, 3.8) is 0 Å². The predicted molar refractivity (Wildman–Crippen MR) is 109 cm³/mol.